The molecule has 1 aromatic carbocycles. The number of anilines is 1. The van der Waals surface area contributed by atoms with Crippen LogP contribution in [0.1, 0.15) is 30.1 Å². The van der Waals surface area contributed by atoms with Crippen molar-refractivity contribution in [3.63, 3.8) is 0 Å². The predicted molar refractivity (Wildman–Crippen MR) is 65.7 cm³/mol. The molecule has 0 saturated carbocycles. The highest BCUT2D eigenvalue weighted by atomic mass is 79.9. The Morgan fingerprint density at radius 1 is 1.31 bits per heavy atom. The lowest BCUT2D eigenvalue weighted by atomic mass is 10.1. The maximum absolute atomic E-state index is 11.7. The predicted octanol–water partition coefficient (Wildman–Crippen LogP) is 2.78. The van der Waals surface area contributed by atoms with Gasteiger partial charge in [-0.3, -0.25) is 9.59 Å². The molecule has 1 aliphatic heterocycles. The summed E-state index contributed by atoms with van der Waals surface area (Å²) >= 11 is 3.35. The first-order valence-electron chi connectivity index (χ1n) is 5.31. The van der Waals surface area contributed by atoms with E-state index in [0.29, 0.717) is 12.1 Å². The van der Waals surface area contributed by atoms with Crippen LogP contribution in [-0.4, -0.2) is 18.2 Å². The molecule has 0 bridgehead atoms. The molecule has 1 aliphatic rings. The first-order valence-corrected chi connectivity index (χ1v) is 6.10. The number of amides is 1. The van der Waals surface area contributed by atoms with Gasteiger partial charge in [0.2, 0.25) is 0 Å². The minimum atomic E-state index is -0.401. The number of hydrogen-bond donors (Lipinski definition) is 0. The van der Waals surface area contributed by atoms with Gasteiger partial charge in [0.05, 0.1) is 11.3 Å². The van der Waals surface area contributed by atoms with E-state index in [9.17, 15) is 9.59 Å². The number of carbonyl (C=O) groups is 2. The molecule has 3 nitrogen and oxygen atoms in total. The third-order valence-corrected chi connectivity index (χ3v) is 3.16. The van der Waals surface area contributed by atoms with E-state index in [1.807, 2.05) is 6.07 Å². The molecule has 1 amide bonds. The van der Waals surface area contributed by atoms with Crippen molar-refractivity contribution >= 4 is 33.3 Å². The highest BCUT2D eigenvalue weighted by Gasteiger charge is 2.35. The molecule has 0 radical (unpaired) electrons. The summed E-state index contributed by atoms with van der Waals surface area (Å²) in [5, 5.41) is 0. The van der Waals surface area contributed by atoms with E-state index in [1.165, 1.54) is 0 Å². The Bertz CT molecular complexity index is 456. The average molecular weight is 282 g/mol. The lowest BCUT2D eigenvalue weighted by molar-refractivity contribution is -0.114. The molecule has 0 aliphatic carbocycles. The van der Waals surface area contributed by atoms with E-state index in [1.54, 1.807) is 17.0 Å². The fourth-order valence-electron chi connectivity index (χ4n) is 1.81. The Kier molecular flexibility index (Phi) is 3.10. The second-order valence-electron chi connectivity index (χ2n) is 3.80. The fourth-order valence-corrected chi connectivity index (χ4v) is 2.15. The van der Waals surface area contributed by atoms with E-state index >= 15 is 0 Å². The van der Waals surface area contributed by atoms with Gasteiger partial charge in [-0.15, -0.1) is 0 Å². The van der Waals surface area contributed by atoms with E-state index in [4.69, 9.17) is 0 Å². The summed E-state index contributed by atoms with van der Waals surface area (Å²) in [5.41, 5.74) is 1.25. The summed E-state index contributed by atoms with van der Waals surface area (Å²) in [6.45, 7) is 2.68. The number of hydrogen-bond acceptors (Lipinski definition) is 2. The Morgan fingerprint density at radius 2 is 2.06 bits per heavy atom. The SMILES string of the molecule is CCCCN1C(=O)C(=O)c2ccc(Br)cc21. The molecule has 0 fully saturated rings. The quantitative estimate of drug-likeness (QED) is 0.799. The number of benzene rings is 1. The maximum Gasteiger partial charge on any atom is 0.299 e. The fraction of sp³-hybridized carbons (Fsp3) is 0.333. The topological polar surface area (TPSA) is 37.4 Å². The van der Waals surface area contributed by atoms with Crippen LogP contribution in [0.15, 0.2) is 22.7 Å². The van der Waals surface area contributed by atoms with Gasteiger partial charge in [0.15, 0.2) is 0 Å². The van der Waals surface area contributed by atoms with Gasteiger partial charge < -0.3 is 4.90 Å². The van der Waals surface area contributed by atoms with Gasteiger partial charge in [0, 0.05) is 11.0 Å². The zero-order valence-electron chi connectivity index (χ0n) is 9.00. The van der Waals surface area contributed by atoms with Crippen molar-refractivity contribution < 1.29 is 9.59 Å². The van der Waals surface area contributed by atoms with Gasteiger partial charge in [0.1, 0.15) is 0 Å². The number of nitrogens with zero attached hydrogens (tertiary/aromatic N) is 1. The molecular formula is C12H12BrNO2. The number of rotatable bonds is 3. The van der Waals surface area contributed by atoms with Crippen molar-refractivity contribution in [2.45, 2.75) is 19.8 Å². The van der Waals surface area contributed by atoms with Crippen LogP contribution in [0.5, 0.6) is 0 Å². The van der Waals surface area contributed by atoms with E-state index in [2.05, 4.69) is 22.9 Å². The first kappa shape index (κ1) is 11.3. The molecule has 0 saturated heterocycles. The monoisotopic (exact) mass is 281 g/mol. The zero-order valence-corrected chi connectivity index (χ0v) is 10.6. The molecule has 1 aromatic rings. The van der Waals surface area contributed by atoms with Crippen LogP contribution in [0, 0.1) is 0 Å². The van der Waals surface area contributed by atoms with Crippen LogP contribution in [0.4, 0.5) is 5.69 Å². The largest absolute Gasteiger partial charge is 0.305 e. The second-order valence-corrected chi connectivity index (χ2v) is 4.72. The number of Topliss-reactive ketones (excluding diaryl/α,β-unsaturated/α-hetero) is 1. The van der Waals surface area contributed by atoms with Gasteiger partial charge in [-0.25, -0.2) is 0 Å². The summed E-state index contributed by atoms with van der Waals surface area (Å²) in [5.74, 6) is -0.792. The molecule has 1 heterocycles. The Labute approximate surface area is 103 Å². The third kappa shape index (κ3) is 1.78. The normalized spacial score (nSPS) is 14.5. The van der Waals surface area contributed by atoms with Crippen molar-refractivity contribution in [1.29, 1.82) is 0 Å². The van der Waals surface area contributed by atoms with Crippen molar-refractivity contribution in [3.05, 3.63) is 28.2 Å². The molecule has 16 heavy (non-hydrogen) atoms. The molecule has 0 spiro atoms. The molecule has 2 rings (SSSR count). The summed E-state index contributed by atoms with van der Waals surface area (Å²) in [4.78, 5) is 25.0. The standard InChI is InChI=1S/C12H12BrNO2/c1-2-3-6-14-10-7-8(13)4-5-9(10)11(15)12(14)16/h4-5,7H,2-3,6H2,1H3. The number of unbranched alkanes of at least 4 members (excludes halogenated alkanes) is 1. The van der Waals surface area contributed by atoms with Crippen LogP contribution in [0.3, 0.4) is 0 Å². The van der Waals surface area contributed by atoms with Crippen LogP contribution >= 0.6 is 15.9 Å². The van der Waals surface area contributed by atoms with Gasteiger partial charge in [0.25, 0.3) is 11.7 Å². The lowest BCUT2D eigenvalue weighted by Crippen LogP contribution is -2.30. The summed E-state index contributed by atoms with van der Waals surface area (Å²) < 4.78 is 0.884. The highest BCUT2D eigenvalue weighted by molar-refractivity contribution is 9.10. The van der Waals surface area contributed by atoms with Gasteiger partial charge in [-0.2, -0.15) is 0 Å². The number of ketones is 1. The summed E-state index contributed by atoms with van der Waals surface area (Å²) in [6, 6.07) is 5.31. The van der Waals surface area contributed by atoms with E-state index in [-0.39, 0.29) is 0 Å². The van der Waals surface area contributed by atoms with Crippen molar-refractivity contribution in [2.24, 2.45) is 0 Å². The maximum atomic E-state index is 11.7. The van der Waals surface area contributed by atoms with E-state index in [0.717, 1.165) is 23.0 Å². The van der Waals surface area contributed by atoms with E-state index < -0.39 is 11.7 Å². The minimum absolute atomic E-state index is 0.390. The summed E-state index contributed by atoms with van der Waals surface area (Å²) in [6.07, 6.45) is 1.91. The van der Waals surface area contributed by atoms with Crippen LogP contribution in [0.2, 0.25) is 0 Å². The Hall–Kier alpha value is -1.16. The molecule has 0 aromatic heterocycles. The Balaban J connectivity index is 2.39. The third-order valence-electron chi connectivity index (χ3n) is 2.67. The van der Waals surface area contributed by atoms with Gasteiger partial charge in [-0.05, 0) is 24.6 Å². The second kappa shape index (κ2) is 4.37. The van der Waals surface area contributed by atoms with Crippen molar-refractivity contribution in [2.75, 3.05) is 11.4 Å². The van der Waals surface area contributed by atoms with Crippen molar-refractivity contribution in [3.8, 4) is 0 Å². The number of carbonyl (C=O) groups excluding carboxylic acids is 2. The lowest BCUT2D eigenvalue weighted by Gasteiger charge is -2.15. The van der Waals surface area contributed by atoms with Gasteiger partial charge in [-0.1, -0.05) is 29.3 Å². The molecular weight excluding hydrogens is 270 g/mol. The molecule has 84 valence electrons. The zero-order chi connectivity index (χ0) is 11.7. The van der Waals surface area contributed by atoms with Crippen LogP contribution in [-0.2, 0) is 4.79 Å². The van der Waals surface area contributed by atoms with Crippen LogP contribution < -0.4 is 4.90 Å². The highest BCUT2D eigenvalue weighted by Crippen LogP contribution is 2.31. The van der Waals surface area contributed by atoms with Crippen LogP contribution in [0.25, 0.3) is 0 Å². The molecule has 0 atom stereocenters. The number of halogens is 1. The van der Waals surface area contributed by atoms with Crippen molar-refractivity contribution in [1.82, 2.24) is 0 Å². The smallest absolute Gasteiger partial charge is 0.299 e. The first-order chi connectivity index (χ1) is 7.65. The average Bonchev–Trinajstić information content (AvgIpc) is 2.50. The Morgan fingerprint density at radius 3 is 2.75 bits per heavy atom. The molecule has 0 N–H and O–H groups in total. The molecule has 4 heteroatoms. The number of fused-ring (bicyclic) bond motifs is 1. The minimum Gasteiger partial charge on any atom is -0.305 e. The summed E-state index contributed by atoms with van der Waals surface area (Å²) in [7, 11) is 0. The molecule has 0 unspecified atom stereocenters. The van der Waals surface area contributed by atoms with Gasteiger partial charge >= 0.3 is 0 Å².